The van der Waals surface area contributed by atoms with E-state index in [-0.39, 0.29) is 11.4 Å². The molecule has 1 amide bonds. The molecule has 1 aromatic rings. The lowest BCUT2D eigenvalue weighted by Gasteiger charge is -2.36. The minimum absolute atomic E-state index is 0.110. The summed E-state index contributed by atoms with van der Waals surface area (Å²) in [6.07, 6.45) is 4.32. The van der Waals surface area contributed by atoms with Crippen molar-refractivity contribution in [2.24, 2.45) is 0 Å². The molecule has 1 aliphatic carbocycles. The van der Waals surface area contributed by atoms with E-state index in [4.69, 9.17) is 5.10 Å². The number of rotatable bonds is 3. The Morgan fingerprint density at radius 2 is 1.88 bits per heavy atom. The van der Waals surface area contributed by atoms with Gasteiger partial charge in [0.25, 0.3) is 5.91 Å². The molecule has 1 saturated carbocycles. The van der Waals surface area contributed by atoms with Crippen molar-refractivity contribution in [3.63, 3.8) is 0 Å². The second-order valence-corrected chi connectivity index (χ2v) is 8.50. The molecule has 1 spiro atoms. The number of hydrogen-bond acceptors (Lipinski definition) is 5. The van der Waals surface area contributed by atoms with Crippen molar-refractivity contribution < 1.29 is 4.79 Å². The average molecular weight is 358 g/mol. The summed E-state index contributed by atoms with van der Waals surface area (Å²) in [5.41, 5.74) is 3.27. The lowest BCUT2D eigenvalue weighted by Crippen LogP contribution is -2.50. The summed E-state index contributed by atoms with van der Waals surface area (Å²) < 4.78 is 2.02. The highest BCUT2D eigenvalue weighted by atomic mass is 16.2. The highest BCUT2D eigenvalue weighted by Gasteiger charge is 2.52. The van der Waals surface area contributed by atoms with Crippen molar-refractivity contribution >= 4 is 5.91 Å². The summed E-state index contributed by atoms with van der Waals surface area (Å²) in [6.45, 7) is 8.98. The lowest BCUT2D eigenvalue weighted by atomic mass is 10.1. The number of nitrogens with one attached hydrogen (secondary N) is 1. The van der Waals surface area contributed by atoms with Crippen LogP contribution < -0.4 is 5.32 Å². The van der Waals surface area contributed by atoms with E-state index in [0.717, 1.165) is 102 Å². The number of carbonyl (C=O) groups excluding carboxylic acids is 1. The van der Waals surface area contributed by atoms with E-state index >= 15 is 0 Å². The second-order valence-electron chi connectivity index (χ2n) is 8.50. The Hall–Kier alpha value is -1.44. The summed E-state index contributed by atoms with van der Waals surface area (Å²) in [4.78, 5) is 20.7. The second kappa shape index (κ2) is 6.32. The van der Waals surface area contributed by atoms with Gasteiger partial charge in [-0.15, -0.1) is 0 Å². The Morgan fingerprint density at radius 1 is 1.08 bits per heavy atom. The molecule has 5 rings (SSSR count). The molecule has 7 heteroatoms. The maximum absolute atomic E-state index is 13.6. The van der Waals surface area contributed by atoms with Gasteiger partial charge in [0.2, 0.25) is 0 Å². The molecule has 2 fully saturated rings. The Balaban J connectivity index is 1.37. The van der Waals surface area contributed by atoms with E-state index in [1.165, 1.54) is 0 Å². The van der Waals surface area contributed by atoms with E-state index in [1.54, 1.807) is 0 Å². The number of amides is 1. The molecule has 0 aromatic carbocycles. The van der Waals surface area contributed by atoms with Crippen molar-refractivity contribution in [1.29, 1.82) is 0 Å². The van der Waals surface area contributed by atoms with Gasteiger partial charge >= 0.3 is 0 Å². The van der Waals surface area contributed by atoms with Gasteiger partial charge in [-0.05, 0) is 26.3 Å². The molecule has 3 aliphatic heterocycles. The Morgan fingerprint density at radius 3 is 2.65 bits per heavy atom. The fraction of sp³-hybridized carbons (Fsp3) is 0.789. The topological polar surface area (TPSA) is 56.6 Å². The molecule has 1 aromatic heterocycles. The standard InChI is InChI=1S/C19H30N6O/c1-22-8-10-23(11-9-22)12-13-24-18(26)17-15-14-20-6-2-16(15)21-25(17)7-5-19(24)3-4-19/h20H,2-14H2,1H3. The third-order valence-electron chi connectivity index (χ3n) is 6.85. The number of fused-ring (bicyclic) bond motifs is 3. The molecule has 1 N–H and O–H groups in total. The summed E-state index contributed by atoms with van der Waals surface area (Å²) in [5.74, 6) is 0.228. The van der Waals surface area contributed by atoms with Crippen molar-refractivity contribution in [1.82, 2.24) is 29.8 Å². The van der Waals surface area contributed by atoms with Gasteiger partial charge < -0.3 is 15.1 Å². The maximum atomic E-state index is 13.6. The molecule has 142 valence electrons. The highest BCUT2D eigenvalue weighted by Crippen LogP contribution is 2.47. The van der Waals surface area contributed by atoms with E-state index in [9.17, 15) is 4.79 Å². The molecule has 7 nitrogen and oxygen atoms in total. The van der Waals surface area contributed by atoms with Crippen LogP contribution in [0.3, 0.4) is 0 Å². The number of aromatic nitrogens is 2. The van der Waals surface area contributed by atoms with Gasteiger partial charge in [0.05, 0.1) is 5.69 Å². The Labute approximate surface area is 155 Å². The molecule has 0 atom stereocenters. The van der Waals surface area contributed by atoms with Crippen molar-refractivity contribution in [3.05, 3.63) is 17.0 Å². The Kier molecular flexibility index (Phi) is 4.06. The smallest absolute Gasteiger partial charge is 0.272 e. The molecule has 26 heavy (non-hydrogen) atoms. The minimum Gasteiger partial charge on any atom is -0.330 e. The molecular weight excluding hydrogens is 328 g/mol. The van der Waals surface area contributed by atoms with Crippen LogP contribution in [-0.2, 0) is 19.5 Å². The minimum atomic E-state index is 0.110. The van der Waals surface area contributed by atoms with Gasteiger partial charge in [0.1, 0.15) is 5.69 Å². The lowest BCUT2D eigenvalue weighted by molar-refractivity contribution is 0.0594. The van der Waals surface area contributed by atoms with Gasteiger partial charge in [-0.2, -0.15) is 5.10 Å². The molecular formula is C19H30N6O. The van der Waals surface area contributed by atoms with E-state index < -0.39 is 0 Å². The average Bonchev–Trinajstić information content (AvgIpc) is 3.35. The van der Waals surface area contributed by atoms with Crippen LogP contribution in [0.5, 0.6) is 0 Å². The van der Waals surface area contributed by atoms with E-state index in [0.29, 0.717) is 0 Å². The fourth-order valence-electron chi connectivity index (χ4n) is 4.86. The number of piperazine rings is 1. The zero-order valence-corrected chi connectivity index (χ0v) is 15.8. The van der Waals surface area contributed by atoms with E-state index in [1.807, 2.05) is 4.68 Å². The first kappa shape index (κ1) is 16.7. The number of hydrogen-bond donors (Lipinski definition) is 1. The number of aryl methyl sites for hydroxylation is 1. The number of likely N-dealkylation sites (N-methyl/N-ethyl adjacent to an activating group) is 1. The molecule has 0 bridgehead atoms. The Bertz CT molecular complexity index is 701. The van der Waals surface area contributed by atoms with Gasteiger partial charge in [0, 0.05) is 76.4 Å². The number of carbonyl (C=O) groups is 1. The monoisotopic (exact) mass is 358 g/mol. The molecule has 0 unspecified atom stereocenters. The van der Waals surface area contributed by atoms with Gasteiger partial charge in [0.15, 0.2) is 0 Å². The SMILES string of the molecule is CN1CCN(CCN2C(=O)c3c4c(nn3CCC23CC3)CCNC4)CC1. The first-order chi connectivity index (χ1) is 12.7. The van der Waals surface area contributed by atoms with Crippen molar-refractivity contribution in [3.8, 4) is 0 Å². The van der Waals surface area contributed by atoms with Crippen LogP contribution >= 0.6 is 0 Å². The summed E-state index contributed by atoms with van der Waals surface area (Å²) in [6, 6.07) is 0. The summed E-state index contributed by atoms with van der Waals surface area (Å²) in [7, 11) is 2.19. The van der Waals surface area contributed by atoms with Crippen LogP contribution in [0.15, 0.2) is 0 Å². The zero-order valence-electron chi connectivity index (χ0n) is 15.8. The summed E-state index contributed by atoms with van der Waals surface area (Å²) in [5, 5.41) is 8.22. The van der Waals surface area contributed by atoms with Crippen LogP contribution in [0.1, 0.15) is 41.0 Å². The normalized spacial score (nSPS) is 25.9. The number of nitrogens with zero attached hydrogens (tertiary/aromatic N) is 5. The predicted octanol–water partition coefficient (Wildman–Crippen LogP) is 0.155. The van der Waals surface area contributed by atoms with Gasteiger partial charge in [-0.25, -0.2) is 0 Å². The first-order valence-corrected chi connectivity index (χ1v) is 10.2. The molecule has 1 saturated heterocycles. The van der Waals surface area contributed by atoms with Crippen LogP contribution in [0.2, 0.25) is 0 Å². The third-order valence-corrected chi connectivity index (χ3v) is 6.85. The van der Waals surface area contributed by atoms with Crippen molar-refractivity contribution in [2.45, 2.75) is 44.3 Å². The summed E-state index contributed by atoms with van der Waals surface area (Å²) >= 11 is 0. The molecule has 0 radical (unpaired) electrons. The molecule has 4 aliphatic rings. The first-order valence-electron chi connectivity index (χ1n) is 10.2. The van der Waals surface area contributed by atoms with Crippen LogP contribution in [0.25, 0.3) is 0 Å². The van der Waals surface area contributed by atoms with Crippen molar-refractivity contribution in [2.75, 3.05) is 52.9 Å². The third kappa shape index (κ3) is 2.77. The van der Waals surface area contributed by atoms with Gasteiger partial charge in [-0.1, -0.05) is 0 Å². The van der Waals surface area contributed by atoms with Crippen LogP contribution in [0.4, 0.5) is 0 Å². The van der Waals surface area contributed by atoms with Crippen LogP contribution in [-0.4, -0.2) is 88.8 Å². The van der Waals surface area contributed by atoms with Crippen LogP contribution in [0, 0.1) is 0 Å². The fourth-order valence-corrected chi connectivity index (χ4v) is 4.86. The molecule has 4 heterocycles. The zero-order chi connectivity index (χ0) is 17.7. The highest BCUT2D eigenvalue weighted by molar-refractivity contribution is 5.95. The van der Waals surface area contributed by atoms with E-state index in [2.05, 4.69) is 27.1 Å². The van der Waals surface area contributed by atoms with Gasteiger partial charge in [-0.3, -0.25) is 14.4 Å². The predicted molar refractivity (Wildman–Crippen MR) is 99.2 cm³/mol. The largest absolute Gasteiger partial charge is 0.330 e. The maximum Gasteiger partial charge on any atom is 0.272 e. The quantitative estimate of drug-likeness (QED) is 0.834.